The fourth-order valence-corrected chi connectivity index (χ4v) is 4.58. The molecule has 4 rings (SSSR count). The molecule has 2 N–H and O–H groups in total. The molecule has 4 aromatic rings. The van der Waals surface area contributed by atoms with Crippen LogP contribution in [0.2, 0.25) is 0 Å². The topological polar surface area (TPSA) is 106 Å². The fraction of sp³-hybridized carbons (Fsp3) is 0.130. The molecular weight excluding hydrogens is 429 g/mol. The lowest BCUT2D eigenvalue weighted by Crippen LogP contribution is -2.19. The molecule has 0 amide bonds. The Kier molecular flexibility index (Phi) is 6.66. The second-order valence-corrected chi connectivity index (χ2v) is 8.87. The van der Waals surface area contributed by atoms with Crippen LogP contribution in [0.25, 0.3) is 10.9 Å². The number of fused-ring (bicyclic) bond motifs is 1. The summed E-state index contributed by atoms with van der Waals surface area (Å²) in [6, 6.07) is 22.7. The first-order valence-corrected chi connectivity index (χ1v) is 11.6. The molecule has 0 aliphatic heterocycles. The molecular formula is C23H22N3O5P. The maximum Gasteiger partial charge on any atom is 0.459 e. The third-order valence-electron chi connectivity index (χ3n) is 4.89. The molecule has 32 heavy (non-hydrogen) atoms. The van der Waals surface area contributed by atoms with Gasteiger partial charge in [-0.05, 0) is 35.7 Å². The third kappa shape index (κ3) is 5.42. The molecule has 0 aliphatic carbocycles. The van der Waals surface area contributed by atoms with Crippen molar-refractivity contribution in [3.63, 3.8) is 0 Å². The lowest BCUT2D eigenvalue weighted by atomic mass is 10.1. The zero-order chi connectivity index (χ0) is 22.4. The van der Waals surface area contributed by atoms with Crippen LogP contribution in [0.15, 0.2) is 85.1 Å². The average molecular weight is 451 g/mol. The van der Waals surface area contributed by atoms with Gasteiger partial charge < -0.3 is 9.51 Å². The van der Waals surface area contributed by atoms with E-state index in [2.05, 4.69) is 10.1 Å². The third-order valence-corrected chi connectivity index (χ3v) is 6.42. The number of nitro groups is 1. The smallest absolute Gasteiger partial charge is 0.413 e. The molecule has 164 valence electrons. The van der Waals surface area contributed by atoms with E-state index in [1.165, 1.54) is 24.3 Å². The van der Waals surface area contributed by atoms with Gasteiger partial charge in [-0.25, -0.2) is 9.65 Å². The fourth-order valence-electron chi connectivity index (χ4n) is 3.27. The Labute approximate surface area is 184 Å². The van der Waals surface area contributed by atoms with Crippen LogP contribution in [-0.4, -0.2) is 16.5 Å². The first-order valence-electron chi connectivity index (χ1n) is 10.1. The SMILES string of the molecule is O=[N+]([O-])c1ccc(OP(=O)(NCCc2c[nH]c3ccccc23)OCc2ccccc2)cc1. The summed E-state index contributed by atoms with van der Waals surface area (Å²) in [5, 5.41) is 14.9. The summed E-state index contributed by atoms with van der Waals surface area (Å²) in [5.74, 6) is 0.214. The predicted octanol–water partition coefficient (Wildman–Crippen LogP) is 5.61. The monoisotopic (exact) mass is 451 g/mol. The maximum atomic E-state index is 13.5. The molecule has 8 nitrogen and oxygen atoms in total. The molecule has 0 aliphatic rings. The van der Waals surface area contributed by atoms with Gasteiger partial charge in [0, 0.05) is 35.8 Å². The van der Waals surface area contributed by atoms with Crippen LogP contribution in [0.3, 0.4) is 0 Å². The zero-order valence-corrected chi connectivity index (χ0v) is 18.0. The van der Waals surface area contributed by atoms with Crippen LogP contribution in [0.4, 0.5) is 5.69 Å². The summed E-state index contributed by atoms with van der Waals surface area (Å²) < 4.78 is 24.8. The van der Waals surface area contributed by atoms with E-state index in [0.29, 0.717) is 13.0 Å². The highest BCUT2D eigenvalue weighted by atomic mass is 31.2. The minimum Gasteiger partial charge on any atom is -0.413 e. The average Bonchev–Trinajstić information content (AvgIpc) is 3.22. The predicted molar refractivity (Wildman–Crippen MR) is 123 cm³/mol. The number of para-hydroxylation sites is 1. The first-order chi connectivity index (χ1) is 15.5. The lowest BCUT2D eigenvalue weighted by Gasteiger charge is -2.20. The normalized spacial score (nSPS) is 13.0. The summed E-state index contributed by atoms with van der Waals surface area (Å²) >= 11 is 0. The van der Waals surface area contributed by atoms with E-state index in [4.69, 9.17) is 9.05 Å². The number of hydrogen-bond donors (Lipinski definition) is 2. The second-order valence-electron chi connectivity index (χ2n) is 7.12. The van der Waals surface area contributed by atoms with Crippen molar-refractivity contribution in [2.75, 3.05) is 6.54 Å². The Morgan fingerprint density at radius 2 is 1.69 bits per heavy atom. The number of nitrogens with zero attached hydrogens (tertiary/aromatic N) is 1. The van der Waals surface area contributed by atoms with Crippen molar-refractivity contribution < 1.29 is 18.5 Å². The van der Waals surface area contributed by atoms with Crippen molar-refractivity contribution in [2.24, 2.45) is 0 Å². The summed E-state index contributed by atoms with van der Waals surface area (Å²) in [5.41, 5.74) is 2.88. The van der Waals surface area contributed by atoms with Crippen LogP contribution < -0.4 is 9.61 Å². The summed E-state index contributed by atoms with van der Waals surface area (Å²) in [4.78, 5) is 13.6. The minimum absolute atomic E-state index is 0.0790. The van der Waals surface area contributed by atoms with Crippen molar-refractivity contribution in [3.05, 3.63) is 106 Å². The number of nitro benzene ring substituents is 1. The number of H-pyrrole nitrogens is 1. The van der Waals surface area contributed by atoms with E-state index in [1.54, 1.807) is 0 Å². The van der Waals surface area contributed by atoms with Gasteiger partial charge in [0.25, 0.3) is 5.69 Å². The molecule has 0 saturated carbocycles. The molecule has 0 fully saturated rings. The molecule has 3 aromatic carbocycles. The standard InChI is InChI=1S/C23H22N3O5P/c27-26(28)20-10-12-21(13-11-20)31-32(29,30-17-18-6-2-1-3-7-18)25-15-14-19-16-24-23-9-5-4-8-22(19)23/h1-13,16,24H,14-15,17H2,(H,25,29). The van der Waals surface area contributed by atoms with Gasteiger partial charge >= 0.3 is 7.75 Å². The Hall–Kier alpha value is -3.45. The van der Waals surface area contributed by atoms with Gasteiger partial charge in [-0.3, -0.25) is 14.6 Å². The van der Waals surface area contributed by atoms with Gasteiger partial charge in [0.05, 0.1) is 11.5 Å². The van der Waals surface area contributed by atoms with Crippen LogP contribution in [0.5, 0.6) is 5.75 Å². The molecule has 1 atom stereocenters. The summed E-state index contributed by atoms with van der Waals surface area (Å²) in [6.07, 6.45) is 2.53. The van der Waals surface area contributed by atoms with E-state index in [0.717, 1.165) is 22.0 Å². The van der Waals surface area contributed by atoms with Crippen LogP contribution in [-0.2, 0) is 22.1 Å². The Morgan fingerprint density at radius 3 is 2.44 bits per heavy atom. The molecule has 0 bridgehead atoms. The number of aromatic nitrogens is 1. The van der Waals surface area contributed by atoms with Crippen molar-refractivity contribution in [2.45, 2.75) is 13.0 Å². The number of rotatable bonds is 10. The largest absolute Gasteiger partial charge is 0.459 e. The Bertz CT molecular complexity index is 1240. The van der Waals surface area contributed by atoms with E-state index in [-0.39, 0.29) is 18.0 Å². The summed E-state index contributed by atoms with van der Waals surface area (Å²) in [7, 11) is -3.75. The van der Waals surface area contributed by atoms with Gasteiger partial charge in [-0.15, -0.1) is 0 Å². The van der Waals surface area contributed by atoms with E-state index >= 15 is 0 Å². The molecule has 1 heterocycles. The van der Waals surface area contributed by atoms with Gasteiger partial charge in [-0.2, -0.15) is 0 Å². The first kappa shape index (κ1) is 21.8. The van der Waals surface area contributed by atoms with Crippen LogP contribution in [0.1, 0.15) is 11.1 Å². The van der Waals surface area contributed by atoms with Gasteiger partial charge in [0.15, 0.2) is 0 Å². The van der Waals surface area contributed by atoms with E-state index < -0.39 is 12.7 Å². The summed E-state index contributed by atoms with van der Waals surface area (Å²) in [6.45, 7) is 0.437. The lowest BCUT2D eigenvalue weighted by molar-refractivity contribution is -0.384. The molecule has 0 spiro atoms. The Morgan fingerprint density at radius 1 is 0.969 bits per heavy atom. The van der Waals surface area contributed by atoms with Gasteiger partial charge in [0.2, 0.25) is 0 Å². The number of benzene rings is 3. The van der Waals surface area contributed by atoms with Gasteiger partial charge in [0.1, 0.15) is 5.75 Å². The van der Waals surface area contributed by atoms with Crippen molar-refractivity contribution in [1.29, 1.82) is 0 Å². The number of non-ortho nitro benzene ring substituents is 1. The van der Waals surface area contributed by atoms with Crippen molar-refractivity contribution in [3.8, 4) is 5.75 Å². The molecule has 0 radical (unpaired) electrons. The Balaban J connectivity index is 1.46. The quantitative estimate of drug-likeness (QED) is 0.184. The number of hydrogen-bond acceptors (Lipinski definition) is 5. The van der Waals surface area contributed by atoms with E-state index in [1.807, 2.05) is 60.8 Å². The van der Waals surface area contributed by atoms with Crippen LogP contribution in [0, 0.1) is 10.1 Å². The second kappa shape index (κ2) is 9.78. The number of aromatic amines is 1. The van der Waals surface area contributed by atoms with Crippen LogP contribution >= 0.6 is 7.75 Å². The van der Waals surface area contributed by atoms with Gasteiger partial charge in [-0.1, -0.05) is 48.5 Å². The molecule has 0 saturated heterocycles. The maximum absolute atomic E-state index is 13.5. The highest BCUT2D eigenvalue weighted by molar-refractivity contribution is 7.52. The minimum atomic E-state index is -3.75. The number of nitrogens with one attached hydrogen (secondary N) is 2. The van der Waals surface area contributed by atoms with Crippen molar-refractivity contribution >= 4 is 24.3 Å². The highest BCUT2D eigenvalue weighted by Gasteiger charge is 2.26. The van der Waals surface area contributed by atoms with E-state index in [9.17, 15) is 14.7 Å². The molecule has 1 unspecified atom stereocenters. The zero-order valence-electron chi connectivity index (χ0n) is 17.1. The highest BCUT2D eigenvalue weighted by Crippen LogP contribution is 2.45. The molecule has 9 heteroatoms. The molecule has 1 aromatic heterocycles. The van der Waals surface area contributed by atoms with Crippen molar-refractivity contribution in [1.82, 2.24) is 10.1 Å².